The van der Waals surface area contributed by atoms with Crippen molar-refractivity contribution in [1.29, 1.82) is 0 Å². The van der Waals surface area contributed by atoms with Crippen LogP contribution in [0.1, 0.15) is 26.7 Å². The van der Waals surface area contributed by atoms with E-state index >= 15 is 0 Å². The van der Waals surface area contributed by atoms with Crippen molar-refractivity contribution in [1.82, 2.24) is 0 Å². The van der Waals surface area contributed by atoms with E-state index in [1.165, 1.54) is 12.1 Å². The van der Waals surface area contributed by atoms with E-state index in [1.54, 1.807) is 19.1 Å². The Bertz CT molecular complexity index is 539. The number of likely N-dealkylation sites (tertiary alicyclic amines) is 1. The minimum absolute atomic E-state index is 0.0499. The zero-order valence-electron chi connectivity index (χ0n) is 13.6. The minimum Gasteiger partial charge on any atom is -0.466 e. The van der Waals surface area contributed by atoms with Crippen LogP contribution in [-0.2, 0) is 14.3 Å². The number of quaternary nitrogens is 1. The molecule has 2 N–H and O–H groups in total. The zero-order chi connectivity index (χ0) is 16.8. The van der Waals surface area contributed by atoms with Gasteiger partial charge in [0.25, 0.3) is 5.91 Å². The van der Waals surface area contributed by atoms with Gasteiger partial charge in [-0.3, -0.25) is 9.59 Å². The monoisotopic (exact) mass is 323 g/mol. The third-order valence-corrected chi connectivity index (χ3v) is 4.37. The molecule has 1 aromatic rings. The van der Waals surface area contributed by atoms with Crippen molar-refractivity contribution in [2.45, 2.75) is 32.7 Å². The van der Waals surface area contributed by atoms with Gasteiger partial charge in [-0.25, -0.2) is 4.39 Å². The Hall–Kier alpha value is -1.95. The van der Waals surface area contributed by atoms with Gasteiger partial charge in [0.2, 0.25) is 0 Å². The maximum Gasteiger partial charge on any atom is 0.309 e. The topological polar surface area (TPSA) is 59.8 Å². The number of carbonyl (C=O) groups is 2. The van der Waals surface area contributed by atoms with Gasteiger partial charge in [-0.2, -0.15) is 0 Å². The Kier molecular flexibility index (Phi) is 6.10. The Balaban J connectivity index is 1.84. The molecule has 0 radical (unpaired) electrons. The van der Waals surface area contributed by atoms with Gasteiger partial charge >= 0.3 is 5.97 Å². The third kappa shape index (κ3) is 4.76. The molecule has 0 unspecified atom stereocenters. The number of piperidine rings is 1. The average Bonchev–Trinajstić information content (AvgIpc) is 2.56. The molecule has 0 saturated carbocycles. The summed E-state index contributed by atoms with van der Waals surface area (Å²) < 4.78 is 17.9. The number of amides is 1. The number of ether oxygens (including phenoxy) is 1. The molecule has 0 bridgehead atoms. The third-order valence-electron chi connectivity index (χ3n) is 4.37. The van der Waals surface area contributed by atoms with Gasteiger partial charge in [-0.1, -0.05) is 0 Å². The summed E-state index contributed by atoms with van der Waals surface area (Å²) in [4.78, 5) is 25.2. The molecule has 6 heteroatoms. The average molecular weight is 323 g/mol. The maximum atomic E-state index is 12.9. The van der Waals surface area contributed by atoms with Gasteiger partial charge in [0.1, 0.15) is 5.82 Å². The number of halogens is 1. The first-order valence-electron chi connectivity index (χ1n) is 8.09. The fraction of sp³-hybridized carbons (Fsp3) is 0.529. The smallest absolute Gasteiger partial charge is 0.309 e. The quantitative estimate of drug-likeness (QED) is 0.795. The predicted octanol–water partition coefficient (Wildman–Crippen LogP) is 1.01. The van der Waals surface area contributed by atoms with Crippen molar-refractivity contribution in [2.75, 3.05) is 25.0 Å². The Morgan fingerprint density at radius 2 is 1.91 bits per heavy atom. The van der Waals surface area contributed by atoms with E-state index in [0.29, 0.717) is 12.3 Å². The van der Waals surface area contributed by atoms with Crippen molar-refractivity contribution in [2.24, 2.45) is 5.92 Å². The van der Waals surface area contributed by atoms with Crippen LogP contribution < -0.4 is 10.2 Å². The summed E-state index contributed by atoms with van der Waals surface area (Å²) in [5.41, 5.74) is 0.587. The number of esters is 1. The lowest BCUT2D eigenvalue weighted by atomic mass is 9.96. The van der Waals surface area contributed by atoms with Crippen molar-refractivity contribution in [3.8, 4) is 0 Å². The lowest BCUT2D eigenvalue weighted by Crippen LogP contribution is -3.17. The number of anilines is 1. The van der Waals surface area contributed by atoms with Crippen molar-refractivity contribution in [3.63, 3.8) is 0 Å². The van der Waals surface area contributed by atoms with Gasteiger partial charge in [0, 0.05) is 18.5 Å². The second-order valence-corrected chi connectivity index (χ2v) is 5.90. The second-order valence-electron chi connectivity index (χ2n) is 5.90. The van der Waals surface area contributed by atoms with Gasteiger partial charge < -0.3 is 15.0 Å². The lowest BCUT2D eigenvalue weighted by Gasteiger charge is -2.31. The summed E-state index contributed by atoms with van der Waals surface area (Å²) in [7, 11) is 0. The Morgan fingerprint density at radius 3 is 2.48 bits per heavy atom. The number of benzene rings is 1. The molecule has 126 valence electrons. The molecule has 1 amide bonds. The highest BCUT2D eigenvalue weighted by Crippen LogP contribution is 2.12. The molecule has 1 aromatic carbocycles. The SMILES string of the molecule is CCOC(=O)C1CC[NH+]([C@H](C)C(=O)Nc2ccc(F)cc2)CC1. The van der Waals surface area contributed by atoms with Crippen LogP contribution >= 0.6 is 0 Å². The molecule has 1 aliphatic heterocycles. The van der Waals surface area contributed by atoms with Crippen LogP contribution in [0.5, 0.6) is 0 Å². The van der Waals surface area contributed by atoms with E-state index in [0.717, 1.165) is 30.8 Å². The van der Waals surface area contributed by atoms with Gasteiger partial charge in [-0.15, -0.1) is 0 Å². The molecule has 23 heavy (non-hydrogen) atoms. The molecule has 1 aliphatic rings. The Morgan fingerprint density at radius 1 is 1.30 bits per heavy atom. The van der Waals surface area contributed by atoms with Crippen LogP contribution in [0.2, 0.25) is 0 Å². The largest absolute Gasteiger partial charge is 0.466 e. The van der Waals surface area contributed by atoms with Crippen LogP contribution in [0.15, 0.2) is 24.3 Å². The molecule has 0 aliphatic carbocycles. The lowest BCUT2D eigenvalue weighted by molar-refractivity contribution is -0.919. The zero-order valence-corrected chi connectivity index (χ0v) is 13.6. The summed E-state index contributed by atoms with van der Waals surface area (Å²) >= 11 is 0. The molecular weight excluding hydrogens is 299 g/mol. The summed E-state index contributed by atoms with van der Waals surface area (Å²) in [5, 5.41) is 2.80. The second kappa shape index (κ2) is 8.06. The molecule has 0 spiro atoms. The molecular formula is C17H24FN2O3+. The van der Waals surface area contributed by atoms with E-state index in [2.05, 4.69) is 5.32 Å². The highest BCUT2D eigenvalue weighted by atomic mass is 19.1. The molecule has 1 heterocycles. The van der Waals surface area contributed by atoms with Crippen LogP contribution in [-0.4, -0.2) is 37.6 Å². The first-order valence-corrected chi connectivity index (χ1v) is 8.09. The van der Waals surface area contributed by atoms with E-state index in [1.807, 2.05) is 6.92 Å². The van der Waals surface area contributed by atoms with Gasteiger partial charge in [-0.05, 0) is 38.1 Å². The number of nitrogens with one attached hydrogen (secondary N) is 2. The van der Waals surface area contributed by atoms with Crippen LogP contribution in [0.3, 0.4) is 0 Å². The summed E-state index contributed by atoms with van der Waals surface area (Å²) in [5.74, 6) is -0.607. The predicted molar refractivity (Wildman–Crippen MR) is 84.5 cm³/mol. The van der Waals surface area contributed by atoms with Crippen LogP contribution in [0.25, 0.3) is 0 Å². The number of rotatable bonds is 5. The summed E-state index contributed by atoms with van der Waals surface area (Å²) in [6.45, 7) is 5.62. The van der Waals surface area contributed by atoms with Crippen molar-refractivity contribution in [3.05, 3.63) is 30.1 Å². The van der Waals surface area contributed by atoms with Crippen molar-refractivity contribution < 1.29 is 23.6 Å². The molecule has 1 atom stereocenters. The van der Waals surface area contributed by atoms with Gasteiger partial charge in [0.05, 0.1) is 25.6 Å². The molecule has 5 nitrogen and oxygen atoms in total. The molecule has 2 rings (SSSR count). The summed E-state index contributed by atoms with van der Waals surface area (Å²) in [6, 6.07) is 5.50. The highest BCUT2D eigenvalue weighted by Gasteiger charge is 2.33. The standard InChI is InChI=1S/C17H23FN2O3/c1-3-23-17(22)13-8-10-20(11-9-13)12(2)16(21)19-15-6-4-14(18)5-7-15/h4-7,12-13H,3,8-11H2,1-2H3,(H,19,21)/p+1/t12-/m1/s1. The maximum absolute atomic E-state index is 12.9. The first-order chi connectivity index (χ1) is 11.0. The van der Waals surface area contributed by atoms with Crippen LogP contribution in [0, 0.1) is 11.7 Å². The van der Waals surface area contributed by atoms with Crippen LogP contribution in [0.4, 0.5) is 10.1 Å². The van der Waals surface area contributed by atoms with Gasteiger partial charge in [0.15, 0.2) is 6.04 Å². The fourth-order valence-electron chi connectivity index (χ4n) is 2.89. The van der Waals surface area contributed by atoms with E-state index in [4.69, 9.17) is 4.74 Å². The molecule has 0 aromatic heterocycles. The molecule has 1 fully saturated rings. The normalized spacial score (nSPS) is 22.2. The summed E-state index contributed by atoms with van der Waals surface area (Å²) in [6.07, 6.45) is 1.48. The number of hydrogen-bond donors (Lipinski definition) is 2. The molecule has 1 saturated heterocycles. The van der Waals surface area contributed by atoms with Crippen molar-refractivity contribution >= 4 is 17.6 Å². The fourth-order valence-corrected chi connectivity index (χ4v) is 2.89. The van der Waals surface area contributed by atoms with E-state index < -0.39 is 0 Å². The first kappa shape index (κ1) is 17.4. The van der Waals surface area contributed by atoms with E-state index in [-0.39, 0.29) is 29.7 Å². The van der Waals surface area contributed by atoms with E-state index in [9.17, 15) is 14.0 Å². The Labute approximate surface area is 135 Å². The minimum atomic E-state index is -0.331. The number of carbonyl (C=O) groups excluding carboxylic acids is 2. The highest BCUT2D eigenvalue weighted by molar-refractivity contribution is 5.93. The number of hydrogen-bond acceptors (Lipinski definition) is 3.